The zero-order valence-corrected chi connectivity index (χ0v) is 12.4. The predicted octanol–water partition coefficient (Wildman–Crippen LogP) is 4.44. The molecule has 1 aliphatic heterocycles. The number of hydrogen-bond donors (Lipinski definition) is 2. The Bertz CT molecular complexity index is 783. The molecule has 3 heteroatoms. The summed E-state index contributed by atoms with van der Waals surface area (Å²) in [5, 5.41) is 4.77. The first-order valence-corrected chi connectivity index (χ1v) is 7.89. The average Bonchev–Trinajstić information content (AvgIpc) is 3.00. The van der Waals surface area contributed by atoms with Gasteiger partial charge in [0.25, 0.3) is 0 Å². The molecule has 2 aromatic carbocycles. The SMILES string of the molecule is Fc1ccc(-c2cccc3c(C4CCCNC4)c[nH]c23)cc1. The molecule has 1 unspecified atom stereocenters. The molecular weight excluding hydrogens is 275 g/mol. The molecule has 1 saturated heterocycles. The summed E-state index contributed by atoms with van der Waals surface area (Å²) >= 11 is 0. The molecule has 3 aromatic rings. The largest absolute Gasteiger partial charge is 0.360 e. The van der Waals surface area contributed by atoms with Crippen molar-refractivity contribution >= 4 is 10.9 Å². The fraction of sp³-hybridized carbons (Fsp3) is 0.263. The second kappa shape index (κ2) is 5.58. The molecule has 0 aliphatic carbocycles. The lowest BCUT2D eigenvalue weighted by atomic mass is 9.90. The van der Waals surface area contributed by atoms with Gasteiger partial charge in [-0.05, 0) is 48.6 Å². The van der Waals surface area contributed by atoms with Gasteiger partial charge in [-0.1, -0.05) is 30.3 Å². The normalized spacial score (nSPS) is 18.7. The number of nitrogens with one attached hydrogen (secondary N) is 2. The molecular formula is C19H19FN2. The van der Waals surface area contributed by atoms with E-state index >= 15 is 0 Å². The van der Waals surface area contributed by atoms with E-state index in [9.17, 15) is 4.39 Å². The Hall–Kier alpha value is -2.13. The number of fused-ring (bicyclic) bond motifs is 1. The zero-order chi connectivity index (χ0) is 14.9. The Labute approximate surface area is 129 Å². The highest BCUT2D eigenvalue weighted by Gasteiger charge is 2.19. The van der Waals surface area contributed by atoms with Crippen molar-refractivity contribution in [3.63, 3.8) is 0 Å². The fourth-order valence-corrected chi connectivity index (χ4v) is 3.50. The number of aromatic nitrogens is 1. The van der Waals surface area contributed by atoms with Crippen LogP contribution in [0.2, 0.25) is 0 Å². The summed E-state index contributed by atoms with van der Waals surface area (Å²) in [5.41, 5.74) is 4.72. The lowest BCUT2D eigenvalue weighted by Gasteiger charge is -2.22. The number of aromatic amines is 1. The van der Waals surface area contributed by atoms with Gasteiger partial charge in [0.15, 0.2) is 0 Å². The van der Waals surface area contributed by atoms with Crippen molar-refractivity contribution in [2.24, 2.45) is 0 Å². The monoisotopic (exact) mass is 294 g/mol. The minimum Gasteiger partial charge on any atom is -0.360 e. The van der Waals surface area contributed by atoms with E-state index in [0.29, 0.717) is 5.92 Å². The molecule has 112 valence electrons. The third kappa shape index (κ3) is 2.32. The van der Waals surface area contributed by atoms with Crippen molar-refractivity contribution in [2.45, 2.75) is 18.8 Å². The Morgan fingerprint density at radius 2 is 1.91 bits per heavy atom. The summed E-state index contributed by atoms with van der Waals surface area (Å²) in [5.74, 6) is 0.377. The second-order valence-corrected chi connectivity index (χ2v) is 6.02. The Morgan fingerprint density at radius 3 is 2.68 bits per heavy atom. The zero-order valence-electron chi connectivity index (χ0n) is 12.4. The maximum Gasteiger partial charge on any atom is 0.123 e. The van der Waals surface area contributed by atoms with E-state index in [1.54, 1.807) is 0 Å². The van der Waals surface area contributed by atoms with Crippen LogP contribution in [-0.2, 0) is 0 Å². The van der Waals surface area contributed by atoms with Gasteiger partial charge < -0.3 is 10.3 Å². The van der Waals surface area contributed by atoms with Crippen LogP contribution in [0.3, 0.4) is 0 Å². The molecule has 1 aromatic heterocycles. The molecule has 2 N–H and O–H groups in total. The standard InChI is InChI=1S/C19H19FN2/c20-15-8-6-13(7-9-15)16-4-1-5-17-18(12-22-19(16)17)14-3-2-10-21-11-14/h1,4-9,12,14,21-22H,2-3,10-11H2. The van der Waals surface area contributed by atoms with Gasteiger partial charge >= 0.3 is 0 Å². The lowest BCUT2D eigenvalue weighted by Crippen LogP contribution is -2.28. The van der Waals surface area contributed by atoms with Crippen LogP contribution in [0.5, 0.6) is 0 Å². The molecule has 0 amide bonds. The molecule has 0 bridgehead atoms. The smallest absolute Gasteiger partial charge is 0.123 e. The van der Waals surface area contributed by atoms with Crippen LogP contribution in [0.15, 0.2) is 48.7 Å². The molecule has 0 spiro atoms. The van der Waals surface area contributed by atoms with E-state index in [0.717, 1.165) is 29.7 Å². The fourth-order valence-electron chi connectivity index (χ4n) is 3.50. The van der Waals surface area contributed by atoms with E-state index in [1.807, 2.05) is 12.1 Å². The van der Waals surface area contributed by atoms with Crippen LogP contribution >= 0.6 is 0 Å². The number of hydrogen-bond acceptors (Lipinski definition) is 1. The first-order chi connectivity index (χ1) is 10.8. The molecule has 22 heavy (non-hydrogen) atoms. The van der Waals surface area contributed by atoms with E-state index < -0.39 is 0 Å². The molecule has 0 radical (unpaired) electrons. The van der Waals surface area contributed by atoms with Crippen molar-refractivity contribution < 1.29 is 4.39 Å². The highest BCUT2D eigenvalue weighted by molar-refractivity contribution is 5.96. The quantitative estimate of drug-likeness (QED) is 0.718. The second-order valence-electron chi connectivity index (χ2n) is 6.02. The van der Waals surface area contributed by atoms with Crippen LogP contribution in [0.1, 0.15) is 24.3 Å². The third-order valence-electron chi connectivity index (χ3n) is 4.64. The Kier molecular flexibility index (Phi) is 3.43. The van der Waals surface area contributed by atoms with Crippen molar-refractivity contribution in [2.75, 3.05) is 13.1 Å². The maximum absolute atomic E-state index is 13.1. The van der Waals surface area contributed by atoms with E-state index in [2.05, 4.69) is 34.7 Å². The molecule has 2 heterocycles. The maximum atomic E-state index is 13.1. The van der Waals surface area contributed by atoms with E-state index in [1.165, 1.54) is 35.9 Å². The van der Waals surface area contributed by atoms with Crippen LogP contribution in [0.25, 0.3) is 22.0 Å². The highest BCUT2D eigenvalue weighted by Crippen LogP contribution is 2.34. The van der Waals surface area contributed by atoms with Crippen LogP contribution in [0, 0.1) is 5.82 Å². The number of benzene rings is 2. The minimum atomic E-state index is -0.198. The number of H-pyrrole nitrogens is 1. The van der Waals surface area contributed by atoms with Crippen LogP contribution in [-0.4, -0.2) is 18.1 Å². The van der Waals surface area contributed by atoms with Gasteiger partial charge in [0, 0.05) is 23.7 Å². The van der Waals surface area contributed by atoms with Crippen molar-refractivity contribution in [1.82, 2.24) is 10.3 Å². The summed E-state index contributed by atoms with van der Waals surface area (Å²) in [7, 11) is 0. The number of halogens is 1. The summed E-state index contributed by atoms with van der Waals surface area (Å²) < 4.78 is 13.1. The summed E-state index contributed by atoms with van der Waals surface area (Å²) in [6.45, 7) is 2.17. The summed E-state index contributed by atoms with van der Waals surface area (Å²) in [4.78, 5) is 3.45. The van der Waals surface area contributed by atoms with Gasteiger partial charge in [-0.3, -0.25) is 0 Å². The summed E-state index contributed by atoms with van der Waals surface area (Å²) in [6, 6.07) is 13.1. The Morgan fingerprint density at radius 1 is 1.05 bits per heavy atom. The van der Waals surface area contributed by atoms with Gasteiger partial charge in [0.05, 0.1) is 5.52 Å². The summed E-state index contributed by atoms with van der Waals surface area (Å²) in [6.07, 6.45) is 4.62. The molecule has 2 nitrogen and oxygen atoms in total. The molecule has 1 atom stereocenters. The average molecular weight is 294 g/mol. The number of para-hydroxylation sites is 1. The first kappa shape index (κ1) is 13.5. The molecule has 4 rings (SSSR count). The molecule has 1 aliphatic rings. The number of piperidine rings is 1. The van der Waals surface area contributed by atoms with E-state index in [4.69, 9.17) is 0 Å². The van der Waals surface area contributed by atoms with Crippen molar-refractivity contribution in [3.8, 4) is 11.1 Å². The molecule has 1 fully saturated rings. The van der Waals surface area contributed by atoms with Crippen LogP contribution in [0.4, 0.5) is 4.39 Å². The van der Waals surface area contributed by atoms with Gasteiger partial charge in [-0.25, -0.2) is 4.39 Å². The van der Waals surface area contributed by atoms with Gasteiger partial charge in [0.2, 0.25) is 0 Å². The molecule has 0 saturated carbocycles. The Balaban J connectivity index is 1.81. The van der Waals surface area contributed by atoms with E-state index in [-0.39, 0.29) is 5.82 Å². The van der Waals surface area contributed by atoms with Crippen LogP contribution < -0.4 is 5.32 Å². The topological polar surface area (TPSA) is 27.8 Å². The van der Waals surface area contributed by atoms with Crippen molar-refractivity contribution in [1.29, 1.82) is 0 Å². The first-order valence-electron chi connectivity index (χ1n) is 7.89. The van der Waals surface area contributed by atoms with Gasteiger partial charge in [-0.2, -0.15) is 0 Å². The van der Waals surface area contributed by atoms with Gasteiger partial charge in [-0.15, -0.1) is 0 Å². The lowest BCUT2D eigenvalue weighted by molar-refractivity contribution is 0.463. The predicted molar refractivity (Wildman–Crippen MR) is 88.5 cm³/mol. The van der Waals surface area contributed by atoms with Gasteiger partial charge in [0.1, 0.15) is 5.82 Å². The third-order valence-corrected chi connectivity index (χ3v) is 4.64. The van der Waals surface area contributed by atoms with Crippen molar-refractivity contribution in [3.05, 3.63) is 60.0 Å². The highest BCUT2D eigenvalue weighted by atomic mass is 19.1. The minimum absolute atomic E-state index is 0.198. The number of rotatable bonds is 2.